The van der Waals surface area contributed by atoms with Crippen molar-refractivity contribution >= 4 is 28.6 Å². The second kappa shape index (κ2) is 16.8. The average molecular weight is 601 g/mol. The van der Waals surface area contributed by atoms with E-state index in [2.05, 4.69) is 15.8 Å². The second-order valence-corrected chi connectivity index (χ2v) is 10.7. The first-order valence-electron chi connectivity index (χ1n) is 14.8. The number of benzene rings is 3. The Morgan fingerprint density at radius 1 is 0.864 bits per heavy atom. The van der Waals surface area contributed by atoms with Crippen molar-refractivity contribution in [1.82, 2.24) is 21.3 Å². The summed E-state index contributed by atoms with van der Waals surface area (Å²) in [4.78, 5) is 47.6. The highest BCUT2D eigenvalue weighted by atomic mass is 16.6. The minimum absolute atomic E-state index is 0.163. The van der Waals surface area contributed by atoms with Crippen LogP contribution in [0.1, 0.15) is 48.8 Å². The van der Waals surface area contributed by atoms with E-state index in [-0.39, 0.29) is 19.4 Å². The number of amides is 3. The van der Waals surface area contributed by atoms with Crippen molar-refractivity contribution in [3.63, 3.8) is 0 Å². The molecule has 10 heteroatoms. The number of ether oxygens (including phenoxy) is 1. The molecule has 2 atom stereocenters. The topological polar surface area (TPSA) is 142 Å². The Kier molecular flexibility index (Phi) is 12.3. The summed E-state index contributed by atoms with van der Waals surface area (Å²) in [5.41, 5.74) is 7.95. The number of hydroxylamine groups is 2. The highest BCUT2D eigenvalue weighted by Crippen LogP contribution is 2.21. The van der Waals surface area contributed by atoms with Crippen molar-refractivity contribution in [2.24, 2.45) is 5.92 Å². The van der Waals surface area contributed by atoms with Gasteiger partial charge in [0.2, 0.25) is 11.8 Å². The molecule has 0 aliphatic rings. The number of H-pyrrole nitrogens is 1. The summed E-state index contributed by atoms with van der Waals surface area (Å²) in [6, 6.07) is 24.1. The molecule has 5 N–H and O–H groups in total. The molecule has 0 saturated carbocycles. The Balaban J connectivity index is 1.39. The smallest absolute Gasteiger partial charge is 0.266 e. The van der Waals surface area contributed by atoms with Gasteiger partial charge in [-0.3, -0.25) is 24.4 Å². The zero-order valence-corrected chi connectivity index (χ0v) is 24.9. The van der Waals surface area contributed by atoms with E-state index in [9.17, 15) is 14.4 Å². The van der Waals surface area contributed by atoms with Gasteiger partial charge in [0, 0.05) is 35.9 Å². The quantitative estimate of drug-likeness (QED) is 0.0672. The molecular formula is C34H40N4O6. The number of hydrogen-bond acceptors (Lipinski definition) is 6. The maximum Gasteiger partial charge on any atom is 0.266 e. The van der Waals surface area contributed by atoms with Gasteiger partial charge in [0.25, 0.3) is 5.91 Å². The van der Waals surface area contributed by atoms with Crippen molar-refractivity contribution in [2.45, 2.75) is 57.6 Å². The Morgan fingerprint density at radius 3 is 2.36 bits per heavy atom. The predicted octanol–water partition coefficient (Wildman–Crippen LogP) is 4.77. The molecule has 10 nitrogen and oxygen atoms in total. The molecule has 1 aromatic heterocycles. The van der Waals surface area contributed by atoms with E-state index in [0.717, 1.165) is 47.0 Å². The highest BCUT2D eigenvalue weighted by Gasteiger charge is 2.28. The first-order valence-corrected chi connectivity index (χ1v) is 14.8. The Bertz CT molecular complexity index is 1490. The number of carbonyl (C=O) groups is 3. The van der Waals surface area contributed by atoms with Crippen LogP contribution in [0.2, 0.25) is 0 Å². The number of aromatic nitrogens is 1. The molecule has 232 valence electrons. The van der Waals surface area contributed by atoms with Crippen molar-refractivity contribution in [2.75, 3.05) is 7.11 Å². The number of rotatable bonds is 17. The molecule has 0 bridgehead atoms. The van der Waals surface area contributed by atoms with Gasteiger partial charge in [-0.05, 0) is 54.2 Å². The molecule has 0 unspecified atom stereocenters. The summed E-state index contributed by atoms with van der Waals surface area (Å²) in [5, 5.41) is 12.9. The molecule has 0 aliphatic carbocycles. The highest BCUT2D eigenvalue weighted by molar-refractivity contribution is 5.91. The average Bonchev–Trinajstić information content (AvgIpc) is 3.46. The summed E-state index contributed by atoms with van der Waals surface area (Å²) in [6.45, 7) is 0.163. The first kappa shape index (κ1) is 32.2. The summed E-state index contributed by atoms with van der Waals surface area (Å²) in [7, 11) is 1.63. The second-order valence-electron chi connectivity index (χ2n) is 10.7. The van der Waals surface area contributed by atoms with Crippen LogP contribution in [-0.2, 0) is 38.7 Å². The third-order valence-corrected chi connectivity index (χ3v) is 7.59. The van der Waals surface area contributed by atoms with Crippen LogP contribution in [-0.4, -0.2) is 41.1 Å². The number of aromatic amines is 1. The fourth-order valence-corrected chi connectivity index (χ4v) is 5.14. The number of carbonyl (C=O) groups excluding carboxylic acids is 3. The van der Waals surface area contributed by atoms with Crippen LogP contribution < -0.4 is 21.0 Å². The largest absolute Gasteiger partial charge is 0.497 e. The molecule has 0 spiro atoms. The number of methoxy groups -OCH3 is 1. The van der Waals surface area contributed by atoms with Gasteiger partial charge < -0.3 is 15.0 Å². The molecular weight excluding hydrogens is 560 g/mol. The lowest BCUT2D eigenvalue weighted by Gasteiger charge is -2.22. The Labute approximate surface area is 257 Å². The number of hydrogen-bond donors (Lipinski definition) is 5. The molecule has 0 saturated heterocycles. The molecule has 0 aliphatic heterocycles. The molecule has 3 amide bonds. The van der Waals surface area contributed by atoms with Gasteiger partial charge in [0.05, 0.1) is 13.7 Å². The van der Waals surface area contributed by atoms with E-state index in [4.69, 9.17) is 14.8 Å². The molecule has 3 aromatic carbocycles. The minimum atomic E-state index is -0.966. The molecule has 0 fully saturated rings. The van der Waals surface area contributed by atoms with Crippen LogP contribution in [0.25, 0.3) is 10.9 Å². The van der Waals surface area contributed by atoms with Crippen molar-refractivity contribution in [1.29, 1.82) is 0 Å². The Morgan fingerprint density at radius 2 is 1.61 bits per heavy atom. The monoisotopic (exact) mass is 600 g/mol. The number of nitrogens with one attached hydrogen (secondary N) is 4. The van der Waals surface area contributed by atoms with Crippen LogP contribution in [0, 0.1) is 5.92 Å². The van der Waals surface area contributed by atoms with Crippen LogP contribution >= 0.6 is 0 Å². The third-order valence-electron chi connectivity index (χ3n) is 7.59. The molecule has 1 heterocycles. The van der Waals surface area contributed by atoms with Crippen molar-refractivity contribution in [3.8, 4) is 5.75 Å². The summed E-state index contributed by atoms with van der Waals surface area (Å²) in [6.07, 6.45) is 5.60. The number of para-hydroxylation sites is 1. The third kappa shape index (κ3) is 9.68. The van der Waals surface area contributed by atoms with Crippen molar-refractivity contribution < 1.29 is 29.2 Å². The van der Waals surface area contributed by atoms with E-state index >= 15 is 0 Å². The lowest BCUT2D eigenvalue weighted by Crippen LogP contribution is -2.50. The summed E-state index contributed by atoms with van der Waals surface area (Å²) >= 11 is 0. The standard InChI is InChI=1S/C34H40N4O6/c1-43-28-18-16-24(17-19-28)10-4-3-7-13-26(21-32(39)37-42)33(40)36-31(20-27-22-35-30-15-9-8-14-29(27)30)34(41)38-44-23-25-11-5-2-6-12-25/h2,5-6,8-9,11-12,14-19,22,26,31,35,42H,3-4,7,10,13,20-21,23H2,1H3,(H,36,40)(H,37,39)(H,38,41)/t26-,31+/m1/s1. The van der Waals surface area contributed by atoms with Gasteiger partial charge in [-0.15, -0.1) is 0 Å². The zero-order valence-electron chi connectivity index (χ0n) is 24.9. The van der Waals surface area contributed by atoms with Gasteiger partial charge in [-0.25, -0.2) is 11.0 Å². The van der Waals surface area contributed by atoms with E-state index in [1.165, 1.54) is 5.56 Å². The van der Waals surface area contributed by atoms with Crippen molar-refractivity contribution in [3.05, 3.63) is 102 Å². The first-order chi connectivity index (χ1) is 21.5. The van der Waals surface area contributed by atoms with E-state index < -0.39 is 29.7 Å². The van der Waals surface area contributed by atoms with Crippen LogP contribution in [0.15, 0.2) is 85.1 Å². The maximum absolute atomic E-state index is 13.5. The fraction of sp³-hybridized carbons (Fsp3) is 0.324. The van der Waals surface area contributed by atoms with E-state index in [1.54, 1.807) is 12.6 Å². The van der Waals surface area contributed by atoms with Gasteiger partial charge in [-0.1, -0.05) is 73.5 Å². The molecule has 4 aromatic rings. The molecule has 0 radical (unpaired) electrons. The van der Waals surface area contributed by atoms with Gasteiger partial charge in [0.1, 0.15) is 11.8 Å². The lowest BCUT2D eigenvalue weighted by molar-refractivity contribution is -0.140. The zero-order chi connectivity index (χ0) is 31.1. The maximum atomic E-state index is 13.5. The molecule has 44 heavy (non-hydrogen) atoms. The Hall–Kier alpha value is -4.67. The fourth-order valence-electron chi connectivity index (χ4n) is 5.14. The van der Waals surface area contributed by atoms with E-state index in [1.807, 2.05) is 85.1 Å². The van der Waals surface area contributed by atoms with E-state index in [0.29, 0.717) is 12.8 Å². The molecule has 4 rings (SSSR count). The summed E-state index contributed by atoms with van der Waals surface area (Å²) < 4.78 is 5.21. The lowest BCUT2D eigenvalue weighted by atomic mass is 9.94. The number of aryl methyl sites for hydroxylation is 1. The normalized spacial score (nSPS) is 12.3. The van der Waals surface area contributed by atoms with Gasteiger partial charge in [0.15, 0.2) is 0 Å². The minimum Gasteiger partial charge on any atom is -0.497 e. The number of fused-ring (bicyclic) bond motifs is 1. The predicted molar refractivity (Wildman–Crippen MR) is 167 cm³/mol. The summed E-state index contributed by atoms with van der Waals surface area (Å²) in [5.74, 6) is -1.53. The van der Waals surface area contributed by atoms with Crippen LogP contribution in [0.5, 0.6) is 5.75 Å². The van der Waals surface area contributed by atoms with Crippen LogP contribution in [0.3, 0.4) is 0 Å². The van der Waals surface area contributed by atoms with Gasteiger partial charge >= 0.3 is 0 Å². The van der Waals surface area contributed by atoms with Gasteiger partial charge in [-0.2, -0.15) is 0 Å². The number of unbranched alkanes of at least 4 members (excludes halogenated alkanes) is 2. The van der Waals surface area contributed by atoms with Crippen LogP contribution in [0.4, 0.5) is 0 Å². The SMILES string of the molecule is COc1ccc(CCCCC[C@H](CC(=O)NO)C(=O)N[C@@H](Cc2c[nH]c3ccccc23)C(=O)NOCc2ccccc2)cc1.